The van der Waals surface area contributed by atoms with Gasteiger partial charge in [0.25, 0.3) is 0 Å². The summed E-state index contributed by atoms with van der Waals surface area (Å²) in [5.74, 6) is -0.174. The molecule has 0 aliphatic heterocycles. The molecule has 16 heavy (non-hydrogen) atoms. The lowest BCUT2D eigenvalue weighted by Crippen LogP contribution is -2.50. The van der Waals surface area contributed by atoms with Gasteiger partial charge in [0.15, 0.2) is 0 Å². The molecule has 2 N–H and O–H groups in total. The lowest BCUT2D eigenvalue weighted by Gasteiger charge is -2.38. The third-order valence-corrected chi connectivity index (χ3v) is 2.91. The highest BCUT2D eigenvalue weighted by Crippen LogP contribution is 2.30. The van der Waals surface area contributed by atoms with Crippen LogP contribution in [0.2, 0.25) is 0 Å². The molecular formula is C12H24N2O2. The van der Waals surface area contributed by atoms with Crippen LogP contribution in [-0.4, -0.2) is 30.8 Å². The first-order valence-electron chi connectivity index (χ1n) is 5.56. The van der Waals surface area contributed by atoms with E-state index in [1.807, 2.05) is 20.9 Å². The predicted molar refractivity (Wildman–Crippen MR) is 65.2 cm³/mol. The van der Waals surface area contributed by atoms with Gasteiger partial charge in [-0.25, -0.2) is 0 Å². The number of hydrogen-bond donors (Lipinski definition) is 2. The van der Waals surface area contributed by atoms with Crippen molar-refractivity contribution in [2.75, 3.05) is 7.05 Å². The van der Waals surface area contributed by atoms with E-state index < -0.39 is 6.04 Å². The molecule has 94 valence electrons. The zero-order valence-corrected chi connectivity index (χ0v) is 11.2. The molecule has 0 aromatic heterocycles. The molecule has 0 spiro atoms. The molecular weight excluding hydrogens is 204 g/mol. The second kappa shape index (κ2) is 5.43. The van der Waals surface area contributed by atoms with Crippen molar-refractivity contribution in [3.05, 3.63) is 0 Å². The van der Waals surface area contributed by atoms with Gasteiger partial charge in [0.05, 0.1) is 6.04 Å². The van der Waals surface area contributed by atoms with Crippen LogP contribution in [0, 0.1) is 5.41 Å². The van der Waals surface area contributed by atoms with Crippen molar-refractivity contribution < 1.29 is 9.59 Å². The van der Waals surface area contributed by atoms with Crippen molar-refractivity contribution in [3.8, 4) is 0 Å². The van der Waals surface area contributed by atoms with Gasteiger partial charge in [-0.2, -0.15) is 0 Å². The van der Waals surface area contributed by atoms with E-state index in [1.165, 1.54) is 6.92 Å². The Labute approximate surface area is 98.2 Å². The Bertz CT molecular complexity index is 260. The second-order valence-corrected chi connectivity index (χ2v) is 5.61. The average Bonchev–Trinajstić information content (AvgIpc) is 2.12. The summed E-state index contributed by atoms with van der Waals surface area (Å²) in [4.78, 5) is 22.0. The number of amides is 1. The lowest BCUT2D eigenvalue weighted by molar-refractivity contribution is -0.124. The number of aldehydes is 1. The van der Waals surface area contributed by atoms with Gasteiger partial charge in [-0.05, 0) is 32.7 Å². The van der Waals surface area contributed by atoms with Crippen molar-refractivity contribution in [1.82, 2.24) is 10.6 Å². The minimum absolute atomic E-state index is 0.0662. The van der Waals surface area contributed by atoms with Crippen molar-refractivity contribution in [3.63, 3.8) is 0 Å². The number of carbonyl (C=O) groups excluding carboxylic acids is 2. The maximum Gasteiger partial charge on any atom is 0.217 e. The van der Waals surface area contributed by atoms with Gasteiger partial charge < -0.3 is 15.4 Å². The van der Waals surface area contributed by atoms with Gasteiger partial charge in [-0.1, -0.05) is 13.8 Å². The summed E-state index contributed by atoms with van der Waals surface area (Å²) in [6, 6.07) is -0.447. The summed E-state index contributed by atoms with van der Waals surface area (Å²) in [5, 5.41) is 5.88. The number of nitrogens with one attached hydrogen (secondary N) is 2. The van der Waals surface area contributed by atoms with Crippen LogP contribution in [-0.2, 0) is 9.59 Å². The molecule has 0 saturated carbocycles. The molecule has 1 atom stereocenters. The maximum atomic E-state index is 11.0. The molecule has 0 aromatic rings. The van der Waals surface area contributed by atoms with Crippen molar-refractivity contribution in [1.29, 1.82) is 0 Å². The zero-order chi connectivity index (χ0) is 13.0. The number of rotatable bonds is 6. The summed E-state index contributed by atoms with van der Waals surface area (Å²) in [5.41, 5.74) is -0.344. The Balaban J connectivity index is 4.72. The molecule has 0 aromatic carbocycles. The molecule has 0 aliphatic rings. The van der Waals surface area contributed by atoms with Crippen LogP contribution in [0.3, 0.4) is 0 Å². The van der Waals surface area contributed by atoms with E-state index in [9.17, 15) is 9.59 Å². The monoisotopic (exact) mass is 228 g/mol. The Kier molecular flexibility index (Phi) is 5.13. The molecule has 0 saturated heterocycles. The molecule has 0 heterocycles. The van der Waals surface area contributed by atoms with Crippen LogP contribution >= 0.6 is 0 Å². The third kappa shape index (κ3) is 4.75. The molecule has 0 rings (SSSR count). The maximum absolute atomic E-state index is 11.0. The van der Waals surface area contributed by atoms with Gasteiger partial charge in [0.1, 0.15) is 6.29 Å². The van der Waals surface area contributed by atoms with Crippen LogP contribution in [0.4, 0.5) is 0 Å². The highest BCUT2D eigenvalue weighted by atomic mass is 16.2. The van der Waals surface area contributed by atoms with Crippen LogP contribution in [0.25, 0.3) is 0 Å². The molecule has 4 heteroatoms. The topological polar surface area (TPSA) is 58.2 Å². The standard InChI is InChI=1S/C12H24N2O2/c1-9(16)14-10(7-15)11(2,3)8-12(4,5)13-6/h7,10,13H,8H2,1-6H3,(H,14,16). The van der Waals surface area contributed by atoms with E-state index in [2.05, 4.69) is 24.5 Å². The summed E-state index contributed by atoms with van der Waals surface area (Å²) >= 11 is 0. The lowest BCUT2D eigenvalue weighted by atomic mass is 9.75. The fraction of sp³-hybridized carbons (Fsp3) is 0.833. The van der Waals surface area contributed by atoms with Crippen LogP contribution in [0.5, 0.6) is 0 Å². The molecule has 0 fully saturated rings. The number of hydrogen-bond acceptors (Lipinski definition) is 3. The summed E-state index contributed by atoms with van der Waals surface area (Å²) in [6.07, 6.45) is 1.60. The van der Waals surface area contributed by atoms with Gasteiger partial charge in [0.2, 0.25) is 5.91 Å². The summed E-state index contributed by atoms with van der Waals surface area (Å²) < 4.78 is 0. The van der Waals surface area contributed by atoms with Crippen LogP contribution in [0.1, 0.15) is 41.0 Å². The van der Waals surface area contributed by atoms with Crippen LogP contribution < -0.4 is 10.6 Å². The van der Waals surface area contributed by atoms with E-state index in [4.69, 9.17) is 0 Å². The van der Waals surface area contributed by atoms with Gasteiger partial charge in [-0.3, -0.25) is 4.79 Å². The molecule has 0 aliphatic carbocycles. The van der Waals surface area contributed by atoms with Crippen LogP contribution in [0.15, 0.2) is 0 Å². The average molecular weight is 228 g/mol. The highest BCUT2D eigenvalue weighted by molar-refractivity contribution is 5.77. The fourth-order valence-corrected chi connectivity index (χ4v) is 1.97. The number of carbonyl (C=O) groups is 2. The van der Waals surface area contributed by atoms with E-state index >= 15 is 0 Å². The minimum Gasteiger partial charge on any atom is -0.346 e. The van der Waals surface area contributed by atoms with E-state index in [0.29, 0.717) is 0 Å². The molecule has 1 amide bonds. The minimum atomic E-state index is -0.447. The van der Waals surface area contributed by atoms with Gasteiger partial charge in [-0.15, -0.1) is 0 Å². The Morgan fingerprint density at radius 3 is 2.12 bits per heavy atom. The SMILES string of the molecule is CNC(C)(C)CC(C)(C)C(C=O)NC(C)=O. The summed E-state index contributed by atoms with van der Waals surface area (Å²) in [6.45, 7) is 9.55. The zero-order valence-electron chi connectivity index (χ0n) is 11.2. The predicted octanol–water partition coefficient (Wildman–Crippen LogP) is 1.10. The van der Waals surface area contributed by atoms with Gasteiger partial charge in [0, 0.05) is 12.5 Å². The van der Waals surface area contributed by atoms with E-state index in [0.717, 1.165) is 12.7 Å². The second-order valence-electron chi connectivity index (χ2n) is 5.61. The summed E-state index contributed by atoms with van der Waals surface area (Å²) in [7, 11) is 1.89. The Morgan fingerprint density at radius 2 is 1.81 bits per heavy atom. The fourth-order valence-electron chi connectivity index (χ4n) is 1.97. The highest BCUT2D eigenvalue weighted by Gasteiger charge is 2.35. The van der Waals surface area contributed by atoms with E-state index in [1.54, 1.807) is 0 Å². The largest absolute Gasteiger partial charge is 0.346 e. The molecule has 4 nitrogen and oxygen atoms in total. The first kappa shape index (κ1) is 15.1. The first-order chi connectivity index (χ1) is 7.14. The Hall–Kier alpha value is -0.900. The molecule has 0 bridgehead atoms. The molecule has 0 radical (unpaired) electrons. The van der Waals surface area contributed by atoms with E-state index in [-0.39, 0.29) is 16.9 Å². The third-order valence-electron chi connectivity index (χ3n) is 2.91. The first-order valence-corrected chi connectivity index (χ1v) is 5.56. The van der Waals surface area contributed by atoms with Gasteiger partial charge >= 0.3 is 0 Å². The van der Waals surface area contributed by atoms with Crippen molar-refractivity contribution in [2.45, 2.75) is 52.6 Å². The van der Waals surface area contributed by atoms with Crippen molar-refractivity contribution in [2.24, 2.45) is 5.41 Å². The quantitative estimate of drug-likeness (QED) is 0.669. The van der Waals surface area contributed by atoms with Crippen molar-refractivity contribution >= 4 is 12.2 Å². The molecule has 1 unspecified atom stereocenters. The normalized spacial score (nSPS) is 14.4. The smallest absolute Gasteiger partial charge is 0.217 e. The Morgan fingerprint density at radius 1 is 1.31 bits per heavy atom.